The van der Waals surface area contributed by atoms with Gasteiger partial charge in [0.15, 0.2) is 0 Å². The number of rotatable bonds is 4. The van der Waals surface area contributed by atoms with Crippen molar-refractivity contribution in [2.24, 2.45) is 0 Å². The molecule has 144 valence electrons. The summed E-state index contributed by atoms with van der Waals surface area (Å²) < 4.78 is 27.2. The maximum atomic E-state index is 12.8. The van der Waals surface area contributed by atoms with Gasteiger partial charge in [0.2, 0.25) is 10.0 Å². The molecule has 27 heavy (non-hydrogen) atoms. The number of amides is 1. The Bertz CT molecular complexity index is 956. The molecule has 0 aliphatic carbocycles. The van der Waals surface area contributed by atoms with Crippen LogP contribution in [0.2, 0.25) is 5.02 Å². The van der Waals surface area contributed by atoms with Crippen molar-refractivity contribution in [3.63, 3.8) is 0 Å². The summed E-state index contributed by atoms with van der Waals surface area (Å²) in [4.78, 5) is 14.2. The summed E-state index contributed by atoms with van der Waals surface area (Å²) in [5, 5.41) is 10.4. The quantitative estimate of drug-likeness (QED) is 0.839. The van der Waals surface area contributed by atoms with Crippen LogP contribution in [0.25, 0.3) is 0 Å². The number of anilines is 1. The van der Waals surface area contributed by atoms with E-state index in [1.54, 1.807) is 12.1 Å². The summed E-state index contributed by atoms with van der Waals surface area (Å²) in [6.07, 6.45) is 2.71. The van der Waals surface area contributed by atoms with E-state index in [0.717, 1.165) is 19.3 Å². The van der Waals surface area contributed by atoms with Gasteiger partial charge in [0.05, 0.1) is 10.6 Å². The number of carbonyl (C=O) groups is 1. The molecule has 0 saturated carbocycles. The van der Waals surface area contributed by atoms with Crippen LogP contribution in [0.1, 0.15) is 29.6 Å². The smallest absolute Gasteiger partial charge is 0.258 e. The van der Waals surface area contributed by atoms with Gasteiger partial charge in [-0.2, -0.15) is 4.31 Å². The topological polar surface area (TPSA) is 77.9 Å². The van der Waals surface area contributed by atoms with Crippen molar-refractivity contribution in [3.8, 4) is 5.75 Å². The van der Waals surface area contributed by atoms with Crippen molar-refractivity contribution < 1.29 is 18.3 Å². The number of hydrogen-bond acceptors (Lipinski definition) is 4. The molecule has 0 atom stereocenters. The molecule has 0 unspecified atom stereocenters. The van der Waals surface area contributed by atoms with E-state index in [9.17, 15) is 18.3 Å². The van der Waals surface area contributed by atoms with Crippen LogP contribution in [0.4, 0.5) is 5.69 Å². The SMILES string of the molecule is CN(C(=O)c1cccc(S(=O)(=O)N2CCCCC2)c1)c1cc(Cl)ccc1O. The van der Waals surface area contributed by atoms with Gasteiger partial charge in [-0.3, -0.25) is 4.79 Å². The molecule has 2 aromatic rings. The van der Waals surface area contributed by atoms with Crippen LogP contribution in [0.3, 0.4) is 0 Å². The van der Waals surface area contributed by atoms with Crippen LogP contribution in [-0.2, 0) is 10.0 Å². The highest BCUT2D eigenvalue weighted by molar-refractivity contribution is 7.89. The average Bonchev–Trinajstić information content (AvgIpc) is 2.69. The molecular weight excluding hydrogens is 388 g/mol. The molecule has 1 N–H and O–H groups in total. The Labute approximate surface area is 164 Å². The lowest BCUT2D eigenvalue weighted by Crippen LogP contribution is -2.35. The second kappa shape index (κ2) is 7.88. The first-order valence-corrected chi connectivity index (χ1v) is 10.5. The van der Waals surface area contributed by atoms with Crippen LogP contribution in [0, 0.1) is 0 Å². The zero-order chi connectivity index (χ0) is 19.6. The first-order valence-electron chi connectivity index (χ1n) is 8.67. The van der Waals surface area contributed by atoms with E-state index in [-0.39, 0.29) is 21.9 Å². The molecule has 1 heterocycles. The maximum absolute atomic E-state index is 12.8. The van der Waals surface area contributed by atoms with Crippen LogP contribution < -0.4 is 4.90 Å². The highest BCUT2D eigenvalue weighted by Gasteiger charge is 2.27. The summed E-state index contributed by atoms with van der Waals surface area (Å²) in [6.45, 7) is 0.994. The van der Waals surface area contributed by atoms with Crippen LogP contribution in [0.15, 0.2) is 47.4 Å². The minimum absolute atomic E-state index is 0.0904. The Hall–Kier alpha value is -2.09. The molecule has 2 aromatic carbocycles. The van der Waals surface area contributed by atoms with Gasteiger partial charge >= 0.3 is 0 Å². The molecule has 1 amide bonds. The third-order valence-electron chi connectivity index (χ3n) is 4.64. The number of phenols is 1. The van der Waals surface area contributed by atoms with Crippen LogP contribution in [-0.4, -0.2) is 43.9 Å². The van der Waals surface area contributed by atoms with E-state index >= 15 is 0 Å². The lowest BCUT2D eigenvalue weighted by molar-refractivity contribution is 0.0992. The molecule has 8 heteroatoms. The molecule has 1 aliphatic heterocycles. The fourth-order valence-corrected chi connectivity index (χ4v) is 4.84. The fraction of sp³-hybridized carbons (Fsp3) is 0.316. The molecule has 0 aromatic heterocycles. The third kappa shape index (κ3) is 4.10. The molecule has 0 radical (unpaired) electrons. The number of piperidine rings is 1. The Morgan fingerprint density at radius 1 is 1.11 bits per heavy atom. The number of aromatic hydroxyl groups is 1. The van der Waals surface area contributed by atoms with Crippen molar-refractivity contribution in [1.82, 2.24) is 4.31 Å². The van der Waals surface area contributed by atoms with E-state index in [0.29, 0.717) is 18.1 Å². The number of hydrogen-bond donors (Lipinski definition) is 1. The number of halogens is 1. The van der Waals surface area contributed by atoms with Gasteiger partial charge in [-0.1, -0.05) is 24.1 Å². The predicted molar refractivity (Wildman–Crippen MR) is 105 cm³/mol. The number of phenolic OH excluding ortho intramolecular Hbond substituents is 1. The third-order valence-corrected chi connectivity index (χ3v) is 6.77. The Balaban J connectivity index is 1.90. The molecule has 6 nitrogen and oxygen atoms in total. The van der Waals surface area contributed by atoms with Gasteiger partial charge in [0.25, 0.3) is 5.91 Å². The summed E-state index contributed by atoms with van der Waals surface area (Å²) in [7, 11) is -2.13. The number of sulfonamides is 1. The molecule has 0 bridgehead atoms. The van der Waals surface area contributed by atoms with E-state index in [1.165, 1.54) is 46.6 Å². The van der Waals surface area contributed by atoms with Gasteiger partial charge in [-0.05, 0) is 49.2 Å². The largest absolute Gasteiger partial charge is 0.506 e. The fourth-order valence-electron chi connectivity index (χ4n) is 3.11. The van der Waals surface area contributed by atoms with E-state index in [2.05, 4.69) is 0 Å². The molecule has 3 rings (SSSR count). The molecular formula is C19H21ClN2O4S. The Kier molecular flexibility index (Phi) is 5.74. The molecule has 1 saturated heterocycles. The first kappa shape index (κ1) is 19.7. The highest BCUT2D eigenvalue weighted by atomic mass is 35.5. The van der Waals surface area contributed by atoms with Gasteiger partial charge in [-0.15, -0.1) is 0 Å². The van der Waals surface area contributed by atoms with Crippen molar-refractivity contribution in [1.29, 1.82) is 0 Å². The van der Waals surface area contributed by atoms with Crippen LogP contribution >= 0.6 is 11.6 Å². The second-order valence-electron chi connectivity index (χ2n) is 6.49. The molecule has 1 aliphatic rings. The monoisotopic (exact) mass is 408 g/mol. The first-order chi connectivity index (χ1) is 12.8. The number of carbonyl (C=O) groups excluding carboxylic acids is 1. The minimum Gasteiger partial charge on any atom is -0.506 e. The van der Waals surface area contributed by atoms with Crippen molar-refractivity contribution >= 4 is 33.2 Å². The van der Waals surface area contributed by atoms with E-state index < -0.39 is 15.9 Å². The normalized spacial score (nSPS) is 15.5. The molecule has 0 spiro atoms. The van der Waals surface area contributed by atoms with Gasteiger partial charge in [0.1, 0.15) is 5.75 Å². The maximum Gasteiger partial charge on any atom is 0.258 e. The molecule has 1 fully saturated rings. The van der Waals surface area contributed by atoms with Crippen LogP contribution in [0.5, 0.6) is 5.75 Å². The van der Waals surface area contributed by atoms with E-state index in [1.807, 2.05) is 0 Å². The van der Waals surface area contributed by atoms with Gasteiger partial charge in [0, 0.05) is 30.7 Å². The van der Waals surface area contributed by atoms with Crippen molar-refractivity contribution in [2.75, 3.05) is 25.0 Å². The Morgan fingerprint density at radius 3 is 2.52 bits per heavy atom. The Morgan fingerprint density at radius 2 is 1.81 bits per heavy atom. The zero-order valence-corrected chi connectivity index (χ0v) is 16.5. The van der Waals surface area contributed by atoms with Gasteiger partial charge < -0.3 is 10.0 Å². The summed E-state index contributed by atoms with van der Waals surface area (Å²) >= 11 is 5.95. The lowest BCUT2D eigenvalue weighted by atomic mass is 10.2. The van der Waals surface area contributed by atoms with Gasteiger partial charge in [-0.25, -0.2) is 8.42 Å². The summed E-state index contributed by atoms with van der Waals surface area (Å²) in [5.74, 6) is -0.532. The summed E-state index contributed by atoms with van der Waals surface area (Å²) in [6, 6.07) is 10.4. The highest BCUT2D eigenvalue weighted by Crippen LogP contribution is 2.30. The number of nitrogens with zero attached hydrogens (tertiary/aromatic N) is 2. The average molecular weight is 409 g/mol. The second-order valence-corrected chi connectivity index (χ2v) is 8.86. The number of benzene rings is 2. The minimum atomic E-state index is -3.63. The summed E-state index contributed by atoms with van der Waals surface area (Å²) in [5.41, 5.74) is 0.465. The lowest BCUT2D eigenvalue weighted by Gasteiger charge is -2.26. The zero-order valence-electron chi connectivity index (χ0n) is 14.9. The van der Waals surface area contributed by atoms with Crippen molar-refractivity contribution in [2.45, 2.75) is 24.2 Å². The van der Waals surface area contributed by atoms with Crippen molar-refractivity contribution in [3.05, 3.63) is 53.1 Å². The predicted octanol–water partition coefficient (Wildman–Crippen LogP) is 3.50. The van der Waals surface area contributed by atoms with E-state index in [4.69, 9.17) is 11.6 Å². The standard InChI is InChI=1S/C19H21ClN2O4S/c1-21(17-13-15(20)8-9-18(17)23)19(24)14-6-5-7-16(12-14)27(25,26)22-10-3-2-4-11-22/h5-9,12-13,23H,2-4,10-11H2,1H3.